The van der Waals surface area contributed by atoms with Crippen LogP contribution < -0.4 is 0 Å². The number of ketones is 1. The Morgan fingerprint density at radius 1 is 1.24 bits per heavy atom. The van der Waals surface area contributed by atoms with Gasteiger partial charge in [0.05, 0.1) is 17.4 Å². The van der Waals surface area contributed by atoms with E-state index < -0.39 is 0 Å². The average molecular weight is 337 g/mol. The number of aryl methyl sites for hydroxylation is 1. The summed E-state index contributed by atoms with van der Waals surface area (Å²) in [5, 5.41) is 0. The highest BCUT2D eigenvalue weighted by Crippen LogP contribution is 2.21. The van der Waals surface area contributed by atoms with Gasteiger partial charge < -0.3 is 9.97 Å². The third-order valence-electron chi connectivity index (χ3n) is 5.04. The van der Waals surface area contributed by atoms with Crippen molar-refractivity contribution in [2.45, 2.75) is 32.2 Å². The maximum absolute atomic E-state index is 12.5. The lowest BCUT2D eigenvalue weighted by Crippen LogP contribution is -2.36. The number of piperidine rings is 1. The number of carbonyl (C=O) groups is 1. The Balaban J connectivity index is 1.26. The Morgan fingerprint density at radius 2 is 2.08 bits per heavy atom. The van der Waals surface area contributed by atoms with Gasteiger partial charge >= 0.3 is 0 Å². The second-order valence-corrected chi connectivity index (χ2v) is 6.79. The Labute approximate surface area is 146 Å². The minimum Gasteiger partial charge on any atom is -0.347 e. The number of nitrogens with one attached hydrogen (secondary N) is 2. The van der Waals surface area contributed by atoms with Crippen LogP contribution in [0.5, 0.6) is 0 Å². The van der Waals surface area contributed by atoms with Crippen molar-refractivity contribution in [1.29, 1.82) is 0 Å². The summed E-state index contributed by atoms with van der Waals surface area (Å²) in [6.45, 7) is 2.83. The number of nitrogens with zero attached hydrogens (tertiary/aromatic N) is 3. The van der Waals surface area contributed by atoms with Gasteiger partial charge in [-0.3, -0.25) is 9.69 Å². The van der Waals surface area contributed by atoms with Gasteiger partial charge in [-0.25, -0.2) is 9.97 Å². The Kier molecular flexibility index (Phi) is 4.61. The minimum absolute atomic E-state index is 0.197. The normalized spacial score (nSPS) is 16.5. The quantitative estimate of drug-likeness (QED) is 0.725. The summed E-state index contributed by atoms with van der Waals surface area (Å²) in [5.41, 5.74) is 3.14. The molecular weight excluding hydrogens is 314 g/mol. The number of fused-ring (bicyclic) bond motifs is 1. The van der Waals surface area contributed by atoms with Gasteiger partial charge in [0, 0.05) is 37.2 Å². The molecule has 6 nitrogen and oxygen atoms in total. The highest BCUT2D eigenvalue weighted by molar-refractivity contribution is 5.81. The molecule has 1 saturated heterocycles. The maximum atomic E-state index is 12.5. The molecule has 1 aliphatic rings. The number of rotatable bonds is 6. The number of benzene rings is 1. The zero-order valence-electron chi connectivity index (χ0n) is 14.2. The van der Waals surface area contributed by atoms with Crippen LogP contribution in [0.15, 0.2) is 36.8 Å². The van der Waals surface area contributed by atoms with Gasteiger partial charge in [-0.15, -0.1) is 0 Å². The van der Waals surface area contributed by atoms with Gasteiger partial charge in [0.15, 0.2) is 0 Å². The minimum atomic E-state index is 0.197. The van der Waals surface area contributed by atoms with E-state index in [1.807, 2.05) is 30.5 Å². The lowest BCUT2D eigenvalue weighted by Gasteiger charge is -2.30. The summed E-state index contributed by atoms with van der Waals surface area (Å²) in [7, 11) is 0. The molecule has 1 fully saturated rings. The number of likely N-dealkylation sites (tertiary alicyclic amines) is 1. The predicted octanol–water partition coefficient (Wildman–Crippen LogP) is 2.70. The molecule has 0 radical (unpaired) electrons. The number of aromatic nitrogens is 4. The number of carbonyl (C=O) groups excluding carboxylic acids is 1. The Hall–Kier alpha value is -2.47. The zero-order chi connectivity index (χ0) is 17.1. The molecule has 6 heteroatoms. The van der Waals surface area contributed by atoms with E-state index >= 15 is 0 Å². The fourth-order valence-electron chi connectivity index (χ4n) is 3.59. The van der Waals surface area contributed by atoms with E-state index in [0.29, 0.717) is 18.6 Å². The SMILES string of the molecule is O=C(CCc1nc2ccccc2[nH]1)C1CCN(Cc2cnc[nH]2)CC1. The average Bonchev–Trinajstić information content (AvgIpc) is 3.29. The summed E-state index contributed by atoms with van der Waals surface area (Å²) < 4.78 is 0. The number of para-hydroxylation sites is 2. The van der Waals surface area contributed by atoms with Gasteiger partial charge in [0.25, 0.3) is 0 Å². The molecule has 0 aliphatic carbocycles. The topological polar surface area (TPSA) is 77.7 Å². The predicted molar refractivity (Wildman–Crippen MR) is 96.0 cm³/mol. The third-order valence-corrected chi connectivity index (χ3v) is 5.04. The van der Waals surface area contributed by atoms with E-state index in [1.165, 1.54) is 0 Å². The molecule has 0 atom stereocenters. The maximum Gasteiger partial charge on any atom is 0.136 e. The van der Waals surface area contributed by atoms with Crippen molar-refractivity contribution in [3.63, 3.8) is 0 Å². The van der Waals surface area contributed by atoms with Crippen molar-refractivity contribution in [2.24, 2.45) is 5.92 Å². The molecule has 3 aromatic rings. The van der Waals surface area contributed by atoms with Gasteiger partial charge in [0.1, 0.15) is 11.6 Å². The fraction of sp³-hybridized carbons (Fsp3) is 0.421. The first-order valence-corrected chi connectivity index (χ1v) is 8.94. The lowest BCUT2D eigenvalue weighted by molar-refractivity contribution is -0.124. The van der Waals surface area contributed by atoms with Crippen molar-refractivity contribution in [2.75, 3.05) is 13.1 Å². The van der Waals surface area contributed by atoms with E-state index in [4.69, 9.17) is 0 Å². The van der Waals surface area contributed by atoms with Gasteiger partial charge in [0.2, 0.25) is 0 Å². The van der Waals surface area contributed by atoms with Crippen LogP contribution in [0.4, 0.5) is 0 Å². The number of aromatic amines is 2. The molecule has 0 unspecified atom stereocenters. The largest absolute Gasteiger partial charge is 0.347 e. The molecule has 1 aliphatic heterocycles. The standard InChI is InChI=1S/C19H23N5O/c25-18(5-6-19-22-16-3-1-2-4-17(16)23-19)14-7-9-24(10-8-14)12-15-11-20-13-21-15/h1-4,11,13-14H,5-10,12H2,(H,20,21)(H,22,23). The molecule has 25 heavy (non-hydrogen) atoms. The molecule has 0 saturated carbocycles. The number of hydrogen-bond acceptors (Lipinski definition) is 4. The fourth-order valence-corrected chi connectivity index (χ4v) is 3.59. The van der Waals surface area contributed by atoms with Crippen LogP contribution in [0.1, 0.15) is 30.8 Å². The molecule has 4 rings (SSSR count). The molecular formula is C19H23N5O. The van der Waals surface area contributed by atoms with Gasteiger partial charge in [-0.2, -0.15) is 0 Å². The third kappa shape index (κ3) is 3.79. The second kappa shape index (κ2) is 7.19. The number of imidazole rings is 2. The summed E-state index contributed by atoms with van der Waals surface area (Å²) in [4.78, 5) is 30.0. The molecule has 130 valence electrons. The van der Waals surface area contributed by atoms with E-state index in [-0.39, 0.29) is 5.92 Å². The molecule has 2 N–H and O–H groups in total. The summed E-state index contributed by atoms with van der Waals surface area (Å²) in [6, 6.07) is 7.98. The molecule has 2 aromatic heterocycles. The van der Waals surface area contributed by atoms with E-state index in [0.717, 1.165) is 55.0 Å². The van der Waals surface area contributed by atoms with Crippen LogP contribution in [0.25, 0.3) is 11.0 Å². The van der Waals surface area contributed by atoms with Crippen LogP contribution in [0, 0.1) is 5.92 Å². The molecule has 1 aromatic carbocycles. The Bertz CT molecular complexity index is 798. The number of Topliss-reactive ketones (excluding diaryl/α,β-unsaturated/α-hetero) is 1. The highest BCUT2D eigenvalue weighted by atomic mass is 16.1. The zero-order valence-corrected chi connectivity index (χ0v) is 14.2. The van der Waals surface area contributed by atoms with E-state index in [1.54, 1.807) is 6.33 Å². The number of H-pyrrole nitrogens is 2. The number of hydrogen-bond donors (Lipinski definition) is 2. The molecule has 3 heterocycles. The van der Waals surface area contributed by atoms with Gasteiger partial charge in [-0.05, 0) is 38.1 Å². The van der Waals surface area contributed by atoms with Crippen molar-refractivity contribution >= 4 is 16.8 Å². The van der Waals surface area contributed by atoms with Crippen LogP contribution in [0.3, 0.4) is 0 Å². The van der Waals surface area contributed by atoms with Crippen LogP contribution in [-0.2, 0) is 17.8 Å². The molecule has 0 bridgehead atoms. The molecule has 0 spiro atoms. The second-order valence-electron chi connectivity index (χ2n) is 6.79. The van der Waals surface area contributed by atoms with Gasteiger partial charge in [-0.1, -0.05) is 12.1 Å². The summed E-state index contributed by atoms with van der Waals surface area (Å²) in [6.07, 6.45) is 6.75. The van der Waals surface area contributed by atoms with Crippen LogP contribution in [0.2, 0.25) is 0 Å². The molecule has 0 amide bonds. The summed E-state index contributed by atoms with van der Waals surface area (Å²) >= 11 is 0. The summed E-state index contributed by atoms with van der Waals surface area (Å²) in [5.74, 6) is 1.48. The van der Waals surface area contributed by atoms with E-state index in [2.05, 4.69) is 24.8 Å². The lowest BCUT2D eigenvalue weighted by atomic mass is 9.90. The smallest absolute Gasteiger partial charge is 0.136 e. The van der Waals surface area contributed by atoms with Crippen molar-refractivity contribution < 1.29 is 4.79 Å². The van der Waals surface area contributed by atoms with Crippen molar-refractivity contribution in [3.8, 4) is 0 Å². The highest BCUT2D eigenvalue weighted by Gasteiger charge is 2.25. The first-order chi connectivity index (χ1) is 12.3. The van der Waals surface area contributed by atoms with Crippen LogP contribution >= 0.6 is 0 Å². The van der Waals surface area contributed by atoms with Crippen molar-refractivity contribution in [1.82, 2.24) is 24.8 Å². The van der Waals surface area contributed by atoms with Crippen LogP contribution in [-0.4, -0.2) is 43.7 Å². The Morgan fingerprint density at radius 3 is 2.84 bits per heavy atom. The first-order valence-electron chi connectivity index (χ1n) is 8.94. The van der Waals surface area contributed by atoms with Crippen molar-refractivity contribution in [3.05, 3.63) is 48.3 Å². The first kappa shape index (κ1) is 16.0. The van der Waals surface area contributed by atoms with E-state index in [9.17, 15) is 4.79 Å². The monoisotopic (exact) mass is 337 g/mol.